The molecule has 2 aromatic carbocycles. The van der Waals surface area contributed by atoms with Gasteiger partial charge in [-0.1, -0.05) is 25.1 Å². The second kappa shape index (κ2) is 3.44. The molecule has 1 unspecified atom stereocenters. The Hall–Kier alpha value is -1.63. The van der Waals surface area contributed by atoms with Crippen molar-refractivity contribution in [1.82, 2.24) is 0 Å². The lowest BCUT2D eigenvalue weighted by molar-refractivity contribution is 0.0968. The molecule has 1 atom stereocenters. The fourth-order valence-electron chi connectivity index (χ4n) is 3.74. The number of aryl methyl sites for hydroxylation is 2. The van der Waals surface area contributed by atoms with Crippen LogP contribution in [0.4, 0.5) is 0 Å². The van der Waals surface area contributed by atoms with Gasteiger partial charge in [-0.05, 0) is 58.7 Å². The van der Waals surface area contributed by atoms with Crippen LogP contribution in [0.15, 0.2) is 24.3 Å². The second-order valence-electron chi connectivity index (χ2n) is 5.70. The summed E-state index contributed by atoms with van der Waals surface area (Å²) in [4.78, 5) is 12.2. The van der Waals surface area contributed by atoms with Gasteiger partial charge < -0.3 is 0 Å². The minimum atomic E-state index is 0.346. The smallest absolute Gasteiger partial charge is 0.163 e. The highest BCUT2D eigenvalue weighted by Gasteiger charge is 2.27. The number of ketones is 1. The fraction of sp³-hybridized carbons (Fsp3) is 0.353. The Morgan fingerprint density at radius 1 is 1.11 bits per heavy atom. The second-order valence-corrected chi connectivity index (χ2v) is 5.70. The minimum Gasteiger partial charge on any atom is -0.294 e. The quantitative estimate of drug-likeness (QED) is 0.675. The van der Waals surface area contributed by atoms with Crippen LogP contribution in [-0.2, 0) is 12.8 Å². The summed E-state index contributed by atoms with van der Waals surface area (Å²) in [6.07, 6.45) is 3.96. The van der Waals surface area contributed by atoms with Gasteiger partial charge >= 0.3 is 0 Å². The lowest BCUT2D eigenvalue weighted by Gasteiger charge is -2.24. The van der Waals surface area contributed by atoms with Gasteiger partial charge in [-0.3, -0.25) is 4.79 Å². The molecule has 0 N–H and O–H groups in total. The van der Waals surface area contributed by atoms with Crippen LogP contribution in [0.3, 0.4) is 0 Å². The predicted octanol–water partition coefficient (Wildman–Crippen LogP) is 4.02. The first-order chi connectivity index (χ1) is 8.75. The zero-order chi connectivity index (χ0) is 12.3. The van der Waals surface area contributed by atoms with Crippen LogP contribution < -0.4 is 0 Å². The van der Waals surface area contributed by atoms with Gasteiger partial charge in [-0.15, -0.1) is 0 Å². The molecular weight excluding hydrogens is 220 g/mol. The molecule has 0 saturated heterocycles. The van der Waals surface area contributed by atoms with Gasteiger partial charge in [0.15, 0.2) is 5.78 Å². The Balaban J connectivity index is 2.18. The van der Waals surface area contributed by atoms with Crippen molar-refractivity contribution in [1.29, 1.82) is 0 Å². The van der Waals surface area contributed by atoms with E-state index in [4.69, 9.17) is 0 Å². The van der Waals surface area contributed by atoms with Crippen molar-refractivity contribution in [2.24, 2.45) is 0 Å². The Labute approximate surface area is 107 Å². The van der Waals surface area contributed by atoms with Gasteiger partial charge in [0.2, 0.25) is 0 Å². The first kappa shape index (κ1) is 10.3. The fourth-order valence-corrected chi connectivity index (χ4v) is 3.74. The van der Waals surface area contributed by atoms with Crippen LogP contribution in [0, 0.1) is 0 Å². The molecule has 0 fully saturated rings. The number of carbonyl (C=O) groups is 1. The molecule has 0 spiro atoms. The number of Topliss-reactive ketones (excluding diaryl/α,β-unsaturated/α-hetero) is 1. The van der Waals surface area contributed by atoms with Crippen molar-refractivity contribution < 1.29 is 4.79 Å². The molecule has 0 bridgehead atoms. The molecule has 0 aromatic heterocycles. The number of rotatable bonds is 0. The third kappa shape index (κ3) is 1.19. The van der Waals surface area contributed by atoms with Gasteiger partial charge in [-0.2, -0.15) is 0 Å². The summed E-state index contributed by atoms with van der Waals surface area (Å²) in [5, 5.41) is 2.79. The normalized spacial score (nSPS) is 21.4. The third-order valence-electron chi connectivity index (χ3n) is 4.63. The molecule has 90 valence electrons. The maximum Gasteiger partial charge on any atom is 0.163 e. The van der Waals surface area contributed by atoms with Crippen molar-refractivity contribution >= 4 is 16.6 Å². The molecule has 0 amide bonds. The maximum atomic E-state index is 12.2. The van der Waals surface area contributed by atoms with Gasteiger partial charge in [-0.25, -0.2) is 0 Å². The van der Waals surface area contributed by atoms with Crippen molar-refractivity contribution in [2.45, 2.75) is 38.5 Å². The number of benzene rings is 2. The van der Waals surface area contributed by atoms with E-state index in [1.54, 1.807) is 0 Å². The summed E-state index contributed by atoms with van der Waals surface area (Å²) in [7, 11) is 0. The zero-order valence-corrected chi connectivity index (χ0v) is 10.6. The first-order valence-corrected chi connectivity index (χ1v) is 6.86. The Bertz CT molecular complexity index is 682. The number of carbonyl (C=O) groups excluding carboxylic acids is 1. The lowest BCUT2D eigenvalue weighted by atomic mass is 9.79. The van der Waals surface area contributed by atoms with E-state index in [0.29, 0.717) is 11.7 Å². The average Bonchev–Trinajstić information content (AvgIpc) is 2.79. The molecule has 2 aliphatic rings. The molecule has 0 heterocycles. The van der Waals surface area contributed by atoms with Crippen LogP contribution in [0.2, 0.25) is 0 Å². The van der Waals surface area contributed by atoms with Crippen molar-refractivity contribution in [3.63, 3.8) is 0 Å². The predicted molar refractivity (Wildman–Crippen MR) is 73.3 cm³/mol. The van der Waals surface area contributed by atoms with E-state index in [9.17, 15) is 4.79 Å². The van der Waals surface area contributed by atoms with E-state index in [0.717, 1.165) is 31.2 Å². The largest absolute Gasteiger partial charge is 0.294 e. The summed E-state index contributed by atoms with van der Waals surface area (Å²) in [6.45, 7) is 2.26. The van der Waals surface area contributed by atoms with Crippen molar-refractivity contribution in [3.8, 4) is 0 Å². The molecule has 0 radical (unpaired) electrons. The summed E-state index contributed by atoms with van der Waals surface area (Å²) in [5.74, 6) is 0.862. The van der Waals surface area contributed by atoms with Crippen LogP contribution in [0.5, 0.6) is 0 Å². The Kier molecular flexibility index (Phi) is 1.97. The summed E-state index contributed by atoms with van der Waals surface area (Å²) < 4.78 is 0. The monoisotopic (exact) mass is 236 g/mol. The van der Waals surface area contributed by atoms with Crippen molar-refractivity contribution in [3.05, 3.63) is 46.5 Å². The SMILES string of the molecule is CC1CCC(=O)c2cc3c4c(cccc4c21)CC3. The van der Waals surface area contributed by atoms with E-state index in [-0.39, 0.29) is 0 Å². The molecule has 1 heteroatoms. The van der Waals surface area contributed by atoms with Crippen molar-refractivity contribution in [2.75, 3.05) is 0 Å². The molecule has 2 aliphatic carbocycles. The van der Waals surface area contributed by atoms with Crippen LogP contribution >= 0.6 is 0 Å². The molecule has 4 rings (SSSR count). The number of hydrogen-bond acceptors (Lipinski definition) is 1. The summed E-state index contributed by atoms with van der Waals surface area (Å²) in [6, 6.07) is 8.78. The molecular formula is C17H16O. The standard InChI is InChI=1S/C17H16O/c1-10-5-8-15(18)14-9-12-7-6-11-3-2-4-13(16(10)14)17(11)12/h2-4,9-10H,5-8H2,1H3. The molecule has 0 saturated carbocycles. The first-order valence-electron chi connectivity index (χ1n) is 6.86. The number of fused-ring (bicyclic) bond motifs is 2. The van der Waals surface area contributed by atoms with Crippen LogP contribution in [-0.4, -0.2) is 5.78 Å². The summed E-state index contributed by atoms with van der Waals surface area (Å²) in [5.41, 5.74) is 5.18. The highest BCUT2D eigenvalue weighted by molar-refractivity contribution is 6.06. The van der Waals surface area contributed by atoms with Gasteiger partial charge in [0.1, 0.15) is 0 Å². The highest BCUT2D eigenvalue weighted by atomic mass is 16.1. The van der Waals surface area contributed by atoms with Crippen LogP contribution in [0.25, 0.3) is 10.8 Å². The lowest BCUT2D eigenvalue weighted by Crippen LogP contribution is -2.14. The molecule has 2 aromatic rings. The Morgan fingerprint density at radius 3 is 2.83 bits per heavy atom. The van der Waals surface area contributed by atoms with Crippen LogP contribution in [0.1, 0.15) is 52.7 Å². The van der Waals surface area contributed by atoms with E-state index in [1.807, 2.05) is 0 Å². The van der Waals surface area contributed by atoms with Gasteiger partial charge in [0.25, 0.3) is 0 Å². The zero-order valence-electron chi connectivity index (χ0n) is 10.6. The third-order valence-corrected chi connectivity index (χ3v) is 4.63. The average molecular weight is 236 g/mol. The Morgan fingerprint density at radius 2 is 1.94 bits per heavy atom. The highest BCUT2D eigenvalue weighted by Crippen LogP contribution is 2.41. The molecule has 1 nitrogen and oxygen atoms in total. The van der Waals surface area contributed by atoms with E-state index >= 15 is 0 Å². The van der Waals surface area contributed by atoms with Gasteiger partial charge in [0, 0.05) is 12.0 Å². The van der Waals surface area contributed by atoms with E-state index in [2.05, 4.69) is 31.2 Å². The molecule has 0 aliphatic heterocycles. The molecule has 18 heavy (non-hydrogen) atoms. The topological polar surface area (TPSA) is 17.1 Å². The minimum absolute atomic E-state index is 0.346. The van der Waals surface area contributed by atoms with E-state index in [1.165, 1.54) is 27.5 Å². The van der Waals surface area contributed by atoms with E-state index < -0.39 is 0 Å². The number of hydrogen-bond donors (Lipinski definition) is 0. The van der Waals surface area contributed by atoms with Gasteiger partial charge in [0.05, 0.1) is 0 Å². The summed E-state index contributed by atoms with van der Waals surface area (Å²) >= 11 is 0. The maximum absolute atomic E-state index is 12.2.